The van der Waals surface area contributed by atoms with E-state index in [1.807, 2.05) is 22.9 Å². The molecule has 1 aromatic heterocycles. The van der Waals surface area contributed by atoms with Crippen molar-refractivity contribution in [2.75, 3.05) is 33.4 Å². The summed E-state index contributed by atoms with van der Waals surface area (Å²) in [7, 11) is 1.76. The van der Waals surface area contributed by atoms with E-state index in [1.165, 1.54) is 5.56 Å². The van der Waals surface area contributed by atoms with E-state index >= 15 is 0 Å². The molecule has 1 aliphatic heterocycles. The van der Waals surface area contributed by atoms with Crippen molar-refractivity contribution in [1.29, 1.82) is 0 Å². The Bertz CT molecular complexity index is 1020. The van der Waals surface area contributed by atoms with Gasteiger partial charge in [0.15, 0.2) is 0 Å². The average molecular weight is 490 g/mol. The van der Waals surface area contributed by atoms with Gasteiger partial charge >= 0.3 is 0 Å². The maximum Gasteiger partial charge on any atom is 0.121 e. The Morgan fingerprint density at radius 3 is 2.55 bits per heavy atom. The molecule has 0 amide bonds. The van der Waals surface area contributed by atoms with E-state index in [-0.39, 0.29) is 5.60 Å². The molecule has 176 valence electrons. The van der Waals surface area contributed by atoms with Crippen molar-refractivity contribution in [1.82, 2.24) is 14.5 Å². The molecule has 1 aliphatic rings. The van der Waals surface area contributed by atoms with Crippen LogP contribution in [-0.2, 0) is 17.8 Å². The number of nitrogens with zero attached hydrogens (tertiary/aromatic N) is 3. The van der Waals surface area contributed by atoms with Crippen molar-refractivity contribution in [2.45, 2.75) is 31.5 Å². The van der Waals surface area contributed by atoms with Crippen LogP contribution < -0.4 is 9.47 Å². The molecule has 3 aromatic rings. The summed E-state index contributed by atoms with van der Waals surface area (Å²) in [6, 6.07) is 13.6. The van der Waals surface area contributed by atoms with E-state index in [2.05, 4.69) is 28.1 Å². The second-order valence-electron chi connectivity index (χ2n) is 8.32. The minimum Gasteiger partial charge on any atom is -0.492 e. The predicted molar refractivity (Wildman–Crippen MR) is 130 cm³/mol. The summed E-state index contributed by atoms with van der Waals surface area (Å²) in [5.41, 5.74) is 0.938. The first-order valence-corrected chi connectivity index (χ1v) is 11.8. The quantitative estimate of drug-likeness (QED) is 0.385. The first-order chi connectivity index (χ1) is 16.0. The number of hydrogen-bond donors (Lipinski definition) is 0. The molecular formula is C25H29Cl2N3O3. The Balaban J connectivity index is 1.26. The molecule has 2 heterocycles. The second-order valence-corrected chi connectivity index (χ2v) is 9.14. The highest BCUT2D eigenvalue weighted by molar-refractivity contribution is 6.42. The number of aromatic nitrogens is 2. The predicted octanol–water partition coefficient (Wildman–Crippen LogP) is 5.33. The highest BCUT2D eigenvalue weighted by Crippen LogP contribution is 2.30. The van der Waals surface area contributed by atoms with Gasteiger partial charge in [0.2, 0.25) is 0 Å². The van der Waals surface area contributed by atoms with Crippen molar-refractivity contribution in [3.8, 4) is 11.5 Å². The molecule has 0 spiro atoms. The average Bonchev–Trinajstić information content (AvgIpc) is 3.35. The zero-order chi connectivity index (χ0) is 23.1. The van der Waals surface area contributed by atoms with Crippen LogP contribution in [0.1, 0.15) is 18.4 Å². The van der Waals surface area contributed by atoms with Gasteiger partial charge in [0.25, 0.3) is 0 Å². The molecule has 0 saturated carbocycles. The van der Waals surface area contributed by atoms with Crippen LogP contribution >= 0.6 is 23.2 Å². The Morgan fingerprint density at radius 2 is 1.82 bits per heavy atom. The fourth-order valence-electron chi connectivity index (χ4n) is 3.99. The van der Waals surface area contributed by atoms with Crippen LogP contribution in [0.2, 0.25) is 10.0 Å². The largest absolute Gasteiger partial charge is 0.492 e. The molecule has 4 rings (SSSR count). The number of halogens is 2. The summed E-state index contributed by atoms with van der Waals surface area (Å²) in [6.07, 6.45) is 7.30. The van der Waals surface area contributed by atoms with Gasteiger partial charge in [0.05, 0.1) is 22.9 Å². The SMILES string of the molecule is COC1(COc2ccc(Cl)c(Cl)c2)CCN(Cc2cccc(OCCn3ccnc3)c2)CC1. The number of rotatable bonds is 10. The van der Waals surface area contributed by atoms with Gasteiger partial charge in [-0.15, -0.1) is 0 Å². The van der Waals surface area contributed by atoms with Crippen molar-refractivity contribution >= 4 is 23.2 Å². The zero-order valence-corrected chi connectivity index (χ0v) is 20.3. The highest BCUT2D eigenvalue weighted by Gasteiger charge is 2.35. The lowest BCUT2D eigenvalue weighted by Gasteiger charge is -2.40. The third kappa shape index (κ3) is 6.64. The minimum atomic E-state index is -0.305. The van der Waals surface area contributed by atoms with E-state index in [0.29, 0.717) is 29.0 Å². The van der Waals surface area contributed by atoms with Gasteiger partial charge in [-0.3, -0.25) is 4.90 Å². The molecule has 0 atom stereocenters. The highest BCUT2D eigenvalue weighted by atomic mass is 35.5. The molecule has 8 heteroatoms. The summed E-state index contributed by atoms with van der Waals surface area (Å²) in [4.78, 5) is 6.50. The Morgan fingerprint density at radius 1 is 1.00 bits per heavy atom. The minimum absolute atomic E-state index is 0.305. The fraction of sp³-hybridized carbons (Fsp3) is 0.400. The molecule has 0 aliphatic carbocycles. The number of ether oxygens (including phenoxy) is 3. The molecule has 2 aromatic carbocycles. The number of imidazole rings is 1. The smallest absolute Gasteiger partial charge is 0.121 e. The van der Waals surface area contributed by atoms with Crippen molar-refractivity contribution in [3.05, 3.63) is 76.8 Å². The van der Waals surface area contributed by atoms with Crippen LogP contribution in [0.25, 0.3) is 0 Å². The van der Waals surface area contributed by atoms with Crippen LogP contribution in [0.5, 0.6) is 11.5 Å². The van der Waals surface area contributed by atoms with Gasteiger partial charge in [-0.1, -0.05) is 35.3 Å². The Hall–Kier alpha value is -2.25. The molecule has 6 nitrogen and oxygen atoms in total. The lowest BCUT2D eigenvalue weighted by Crippen LogP contribution is -2.48. The summed E-state index contributed by atoms with van der Waals surface area (Å²) in [5.74, 6) is 1.60. The van der Waals surface area contributed by atoms with E-state index in [9.17, 15) is 0 Å². The van der Waals surface area contributed by atoms with Crippen LogP contribution in [0, 0.1) is 0 Å². The number of methoxy groups -OCH3 is 1. The Labute approximate surface area is 205 Å². The monoisotopic (exact) mass is 489 g/mol. The number of hydrogen-bond acceptors (Lipinski definition) is 5. The zero-order valence-electron chi connectivity index (χ0n) is 18.8. The van der Waals surface area contributed by atoms with Crippen LogP contribution in [0.15, 0.2) is 61.2 Å². The summed E-state index contributed by atoms with van der Waals surface area (Å²) in [5, 5.41) is 1.01. The van der Waals surface area contributed by atoms with Crippen LogP contribution in [0.4, 0.5) is 0 Å². The summed E-state index contributed by atoms with van der Waals surface area (Å²) >= 11 is 12.1. The fourth-order valence-corrected chi connectivity index (χ4v) is 4.28. The van der Waals surface area contributed by atoms with Crippen molar-refractivity contribution in [3.63, 3.8) is 0 Å². The van der Waals surface area contributed by atoms with Gasteiger partial charge in [0.1, 0.15) is 30.3 Å². The van der Waals surface area contributed by atoms with Gasteiger partial charge in [-0.2, -0.15) is 0 Å². The summed E-state index contributed by atoms with van der Waals surface area (Å²) in [6.45, 7) is 4.62. The normalized spacial score (nSPS) is 16.0. The molecule has 0 unspecified atom stereocenters. The maximum absolute atomic E-state index is 6.10. The van der Waals surface area contributed by atoms with Gasteiger partial charge in [0, 0.05) is 45.2 Å². The van der Waals surface area contributed by atoms with Gasteiger partial charge in [-0.05, 0) is 42.7 Å². The second kappa shape index (κ2) is 11.3. The van der Waals surface area contributed by atoms with E-state index < -0.39 is 0 Å². The molecular weight excluding hydrogens is 461 g/mol. The van der Waals surface area contributed by atoms with Crippen molar-refractivity contribution < 1.29 is 14.2 Å². The van der Waals surface area contributed by atoms with Crippen molar-refractivity contribution in [2.24, 2.45) is 0 Å². The number of piperidine rings is 1. The Kier molecular flexibility index (Phi) is 8.15. The van der Waals surface area contributed by atoms with Crippen LogP contribution in [0.3, 0.4) is 0 Å². The van der Waals surface area contributed by atoms with Gasteiger partial charge in [-0.25, -0.2) is 4.98 Å². The first-order valence-electron chi connectivity index (χ1n) is 11.1. The third-order valence-electron chi connectivity index (χ3n) is 6.08. The van der Waals surface area contributed by atoms with E-state index in [4.69, 9.17) is 37.4 Å². The molecule has 33 heavy (non-hydrogen) atoms. The number of benzene rings is 2. The summed E-state index contributed by atoms with van der Waals surface area (Å²) < 4.78 is 19.8. The molecule has 1 fully saturated rings. The molecule has 0 N–H and O–H groups in total. The standard InChI is InChI=1S/C25H29Cl2N3O3/c1-31-25(18-33-22-5-6-23(26)24(27)16-22)7-10-29(11-8-25)17-20-3-2-4-21(15-20)32-14-13-30-12-9-28-19-30/h2-6,9,12,15-16,19H,7-8,10-11,13-14,17-18H2,1H3. The lowest BCUT2D eigenvalue weighted by molar-refractivity contribution is -0.0839. The first kappa shape index (κ1) is 23.9. The van der Waals surface area contributed by atoms with Crippen LogP contribution in [-0.4, -0.2) is 53.5 Å². The van der Waals surface area contributed by atoms with E-state index in [1.54, 1.807) is 31.8 Å². The maximum atomic E-state index is 6.10. The molecule has 0 radical (unpaired) electrons. The van der Waals surface area contributed by atoms with Gasteiger partial charge < -0.3 is 18.8 Å². The van der Waals surface area contributed by atoms with E-state index in [0.717, 1.165) is 44.8 Å². The third-order valence-corrected chi connectivity index (χ3v) is 6.81. The lowest BCUT2D eigenvalue weighted by atomic mass is 9.91. The molecule has 1 saturated heterocycles. The number of likely N-dealkylation sites (tertiary alicyclic amines) is 1. The topological polar surface area (TPSA) is 48.8 Å². The molecule has 0 bridgehead atoms.